The predicted molar refractivity (Wildman–Crippen MR) is 129 cm³/mol. The van der Waals surface area contributed by atoms with Crippen LogP contribution in [0.25, 0.3) is 0 Å². The highest BCUT2D eigenvalue weighted by molar-refractivity contribution is 8.00. The second kappa shape index (κ2) is 9.74. The Morgan fingerprint density at radius 1 is 1.06 bits per heavy atom. The molecule has 1 aliphatic rings. The number of aromatic nitrogens is 3. The van der Waals surface area contributed by atoms with E-state index >= 15 is 0 Å². The molecular formula is C24H19ClFN5O2S. The van der Waals surface area contributed by atoms with Crippen molar-refractivity contribution in [2.45, 2.75) is 23.1 Å². The van der Waals surface area contributed by atoms with Crippen LogP contribution in [0.1, 0.15) is 17.4 Å². The smallest absolute Gasteiger partial charge is 0.240 e. The van der Waals surface area contributed by atoms with E-state index in [0.717, 1.165) is 5.56 Å². The fraction of sp³-hybridized carbons (Fsp3) is 0.125. The zero-order valence-corrected chi connectivity index (χ0v) is 19.3. The highest BCUT2D eigenvalue weighted by Gasteiger charge is 2.38. The molecule has 0 saturated carbocycles. The number of carbonyl (C=O) groups is 1. The maximum Gasteiger partial charge on any atom is 0.240 e. The third kappa shape index (κ3) is 4.85. The van der Waals surface area contributed by atoms with Gasteiger partial charge in [-0.3, -0.25) is 4.79 Å². The number of hydrogen-bond acceptors (Lipinski definition) is 6. The Hall–Kier alpha value is -3.56. The third-order valence-corrected chi connectivity index (χ3v) is 6.68. The molecule has 0 aliphatic carbocycles. The van der Waals surface area contributed by atoms with E-state index in [1.807, 2.05) is 30.3 Å². The lowest BCUT2D eigenvalue weighted by Crippen LogP contribution is -2.41. The molecule has 3 aromatic carbocycles. The zero-order chi connectivity index (χ0) is 23.5. The molecule has 10 heteroatoms. The fourth-order valence-corrected chi connectivity index (χ4v) is 4.75. The van der Waals surface area contributed by atoms with Crippen molar-refractivity contribution in [3.63, 3.8) is 0 Å². The molecule has 1 amide bonds. The van der Waals surface area contributed by atoms with E-state index in [9.17, 15) is 9.18 Å². The topological polar surface area (TPSA) is 81.1 Å². The monoisotopic (exact) mass is 495 g/mol. The van der Waals surface area contributed by atoms with Crippen molar-refractivity contribution in [2.75, 3.05) is 10.7 Å². The predicted octanol–water partition coefficient (Wildman–Crippen LogP) is 5.05. The number of rotatable bonds is 6. The lowest BCUT2D eigenvalue weighted by Gasteiger charge is -2.33. The number of benzene rings is 3. The van der Waals surface area contributed by atoms with E-state index in [-0.39, 0.29) is 18.3 Å². The van der Waals surface area contributed by atoms with E-state index in [1.54, 1.807) is 41.1 Å². The van der Waals surface area contributed by atoms with Crippen molar-refractivity contribution >= 4 is 35.0 Å². The van der Waals surface area contributed by atoms with E-state index in [1.165, 1.54) is 23.9 Å². The van der Waals surface area contributed by atoms with Crippen LogP contribution >= 0.6 is 23.4 Å². The summed E-state index contributed by atoms with van der Waals surface area (Å²) in [6.45, 7) is 0.183. The first kappa shape index (κ1) is 22.2. The first-order valence-corrected chi connectivity index (χ1v) is 11.7. The molecule has 1 aliphatic heterocycles. The van der Waals surface area contributed by atoms with Gasteiger partial charge in [-0.05, 0) is 54.1 Å². The van der Waals surface area contributed by atoms with E-state index in [4.69, 9.17) is 16.3 Å². The summed E-state index contributed by atoms with van der Waals surface area (Å²) in [5.74, 6) is 0.676. The summed E-state index contributed by atoms with van der Waals surface area (Å²) < 4.78 is 21.1. The van der Waals surface area contributed by atoms with Gasteiger partial charge in [-0.25, -0.2) is 9.07 Å². The molecular weight excluding hydrogens is 477 g/mol. The van der Waals surface area contributed by atoms with Crippen molar-refractivity contribution in [2.24, 2.45) is 0 Å². The summed E-state index contributed by atoms with van der Waals surface area (Å²) in [5, 5.41) is 11.9. The minimum Gasteiger partial charge on any atom is -0.486 e. The van der Waals surface area contributed by atoms with Gasteiger partial charge in [0.2, 0.25) is 11.1 Å². The van der Waals surface area contributed by atoms with Gasteiger partial charge in [0.05, 0.1) is 6.04 Å². The van der Waals surface area contributed by atoms with Crippen LogP contribution in [0.2, 0.25) is 5.02 Å². The Labute approximate surface area is 204 Å². The molecule has 0 unspecified atom stereocenters. The van der Waals surface area contributed by atoms with Crippen LogP contribution < -0.4 is 15.5 Å². The fourth-order valence-electron chi connectivity index (χ4n) is 3.52. The van der Waals surface area contributed by atoms with E-state index in [0.29, 0.717) is 27.4 Å². The van der Waals surface area contributed by atoms with E-state index in [2.05, 4.69) is 20.9 Å². The molecule has 0 bridgehead atoms. The molecule has 0 fully saturated rings. The summed E-state index contributed by atoms with van der Waals surface area (Å²) in [4.78, 5) is 13.3. The second-order valence-electron chi connectivity index (χ2n) is 7.53. The Kier molecular flexibility index (Phi) is 6.37. The molecule has 2 heterocycles. The van der Waals surface area contributed by atoms with Crippen LogP contribution in [-0.2, 0) is 11.4 Å². The first-order chi connectivity index (χ1) is 16.6. The molecule has 4 aromatic rings. The number of para-hydroxylation sites is 1. The first-order valence-electron chi connectivity index (χ1n) is 10.4. The Bertz CT molecular complexity index is 1290. The van der Waals surface area contributed by atoms with Crippen molar-refractivity contribution in [3.8, 4) is 5.75 Å². The summed E-state index contributed by atoms with van der Waals surface area (Å²) in [7, 11) is 0. The molecule has 2 N–H and O–H groups in total. The van der Waals surface area contributed by atoms with Gasteiger partial charge < -0.3 is 15.5 Å². The number of nitrogens with zero attached hydrogens (tertiary/aromatic N) is 3. The summed E-state index contributed by atoms with van der Waals surface area (Å²) in [6.07, 6.45) is 0. The molecule has 1 aromatic heterocycles. The van der Waals surface area contributed by atoms with Crippen LogP contribution in [0.3, 0.4) is 0 Å². The molecule has 172 valence electrons. The van der Waals surface area contributed by atoms with Gasteiger partial charge in [0.1, 0.15) is 23.4 Å². The molecule has 7 nitrogen and oxygen atoms in total. The number of amides is 1. The molecule has 2 atom stereocenters. The van der Waals surface area contributed by atoms with Crippen LogP contribution in [0, 0.1) is 5.82 Å². The zero-order valence-electron chi connectivity index (χ0n) is 17.7. The summed E-state index contributed by atoms with van der Waals surface area (Å²) in [6, 6.07) is 21.9. The Morgan fingerprint density at radius 2 is 1.79 bits per heavy atom. The van der Waals surface area contributed by atoms with Gasteiger partial charge in [0.25, 0.3) is 0 Å². The summed E-state index contributed by atoms with van der Waals surface area (Å²) >= 11 is 7.23. The quantitative estimate of drug-likeness (QED) is 0.390. The lowest BCUT2D eigenvalue weighted by molar-refractivity contribution is -0.116. The van der Waals surface area contributed by atoms with Crippen molar-refractivity contribution in [1.29, 1.82) is 0 Å². The highest BCUT2D eigenvalue weighted by Crippen LogP contribution is 2.37. The van der Waals surface area contributed by atoms with Gasteiger partial charge in [0.15, 0.2) is 5.82 Å². The minimum atomic E-state index is -0.597. The second-order valence-corrected chi connectivity index (χ2v) is 9.07. The maximum absolute atomic E-state index is 13.6. The Morgan fingerprint density at radius 3 is 2.53 bits per heavy atom. The third-order valence-electron chi connectivity index (χ3n) is 5.21. The van der Waals surface area contributed by atoms with Gasteiger partial charge in [-0.15, -0.1) is 10.2 Å². The molecule has 34 heavy (non-hydrogen) atoms. The van der Waals surface area contributed by atoms with Crippen LogP contribution in [0.4, 0.5) is 10.1 Å². The summed E-state index contributed by atoms with van der Waals surface area (Å²) in [5.41, 5.74) is 4.70. The minimum absolute atomic E-state index is 0.183. The maximum atomic E-state index is 13.6. The van der Waals surface area contributed by atoms with Crippen LogP contribution in [0.15, 0.2) is 84.0 Å². The normalized spacial score (nSPS) is 16.9. The van der Waals surface area contributed by atoms with E-state index < -0.39 is 11.3 Å². The van der Waals surface area contributed by atoms with Gasteiger partial charge >= 0.3 is 0 Å². The number of carbonyl (C=O) groups excluding carboxylic acids is 1. The lowest BCUT2D eigenvalue weighted by atomic mass is 10.0. The van der Waals surface area contributed by atoms with Crippen molar-refractivity contribution < 1.29 is 13.9 Å². The number of thioether (sulfide) groups is 1. The number of halogens is 2. The number of ether oxygens (including phenoxy) is 1. The number of anilines is 1. The van der Waals surface area contributed by atoms with Crippen LogP contribution in [-0.4, -0.2) is 26.0 Å². The van der Waals surface area contributed by atoms with Crippen molar-refractivity contribution in [1.82, 2.24) is 14.9 Å². The van der Waals surface area contributed by atoms with Gasteiger partial charge in [0, 0.05) is 10.7 Å². The molecule has 0 radical (unpaired) electrons. The SMILES string of the molecule is O=C(Nc1ccc(Cl)cc1)[C@H]1Sc2nnc(COc3ccccc3)n2N[C@@H]1c1ccc(F)cc1. The molecule has 0 spiro atoms. The Balaban J connectivity index is 1.41. The highest BCUT2D eigenvalue weighted by atomic mass is 35.5. The van der Waals surface area contributed by atoms with Crippen molar-refractivity contribution in [3.05, 3.63) is 101 Å². The average Bonchev–Trinajstić information content (AvgIpc) is 3.26. The average molecular weight is 496 g/mol. The molecule has 0 saturated heterocycles. The van der Waals surface area contributed by atoms with Gasteiger partial charge in [-0.1, -0.05) is 53.7 Å². The van der Waals surface area contributed by atoms with Gasteiger partial charge in [-0.2, -0.15) is 0 Å². The largest absolute Gasteiger partial charge is 0.486 e. The number of fused-ring (bicyclic) bond motifs is 1. The number of nitrogens with one attached hydrogen (secondary N) is 2. The molecule has 5 rings (SSSR count). The number of hydrogen-bond donors (Lipinski definition) is 2. The van der Waals surface area contributed by atoms with Crippen LogP contribution in [0.5, 0.6) is 5.75 Å². The standard InChI is InChI=1S/C24H19ClFN5O2S/c25-16-8-12-18(13-9-16)27-23(32)22-21(15-6-10-17(26)11-7-15)30-31-20(28-29-24(31)34-22)14-33-19-4-2-1-3-5-19/h1-13,21-22,30H,14H2,(H,27,32)/t21-,22+/m1/s1.